The lowest BCUT2D eigenvalue weighted by Crippen LogP contribution is -2.41. The average molecular weight is 487 g/mol. The highest BCUT2D eigenvalue weighted by atomic mass is 16.5. The summed E-state index contributed by atoms with van der Waals surface area (Å²) in [6.07, 6.45) is 3.03. The number of anilines is 1. The molecule has 184 valence electrons. The minimum absolute atomic E-state index is 0.183. The van der Waals surface area contributed by atoms with Gasteiger partial charge in [-0.15, -0.1) is 0 Å². The molecule has 0 atom stereocenters. The van der Waals surface area contributed by atoms with Crippen LogP contribution in [0.15, 0.2) is 60.9 Å². The van der Waals surface area contributed by atoms with Gasteiger partial charge in [0.25, 0.3) is 5.91 Å². The highest BCUT2D eigenvalue weighted by Crippen LogP contribution is 2.36. The molecule has 5 rings (SSSR count). The van der Waals surface area contributed by atoms with Gasteiger partial charge in [0, 0.05) is 47.6 Å². The first-order valence-corrected chi connectivity index (χ1v) is 11.6. The number of hydrogen-bond donors (Lipinski definition) is 2. The van der Waals surface area contributed by atoms with Crippen molar-refractivity contribution in [2.75, 3.05) is 45.8 Å². The first-order valence-electron chi connectivity index (χ1n) is 11.6. The number of para-hydroxylation sites is 1. The Bertz CT molecular complexity index is 1420. The zero-order valence-corrected chi connectivity index (χ0v) is 20.0. The van der Waals surface area contributed by atoms with E-state index < -0.39 is 6.09 Å². The predicted octanol–water partition coefficient (Wildman–Crippen LogP) is 4.56. The van der Waals surface area contributed by atoms with E-state index in [0.717, 1.165) is 39.0 Å². The number of nitrogens with one attached hydrogen (secondary N) is 2. The third-order valence-electron chi connectivity index (χ3n) is 6.23. The van der Waals surface area contributed by atoms with Crippen molar-refractivity contribution in [3.8, 4) is 28.0 Å². The molecule has 3 heterocycles. The Morgan fingerprint density at radius 1 is 1.03 bits per heavy atom. The van der Waals surface area contributed by atoms with E-state index in [1.165, 1.54) is 7.11 Å². The number of H-pyrrole nitrogens is 1. The zero-order chi connectivity index (χ0) is 25.1. The molecule has 0 aliphatic carbocycles. The fourth-order valence-electron chi connectivity index (χ4n) is 4.36. The second kappa shape index (κ2) is 10.1. The molecule has 1 aliphatic heterocycles. The summed E-state index contributed by atoms with van der Waals surface area (Å²) in [7, 11) is 2.93. The van der Waals surface area contributed by atoms with Gasteiger partial charge in [0.15, 0.2) is 0 Å². The van der Waals surface area contributed by atoms with Crippen molar-refractivity contribution in [2.45, 2.75) is 0 Å². The maximum absolute atomic E-state index is 13.4. The Hall–Kier alpha value is -4.37. The fourth-order valence-corrected chi connectivity index (χ4v) is 4.36. The molecule has 1 fully saturated rings. The standard InChI is InChI=1S/C27H26N4O5/c1-34-24-6-4-3-5-19(24)22-16-29-25-20(22)14-18(15-28-25)17-7-8-23(30-27(33)35-2)21(13-17)26(32)31-9-11-36-12-10-31/h3-8,13-16H,9-12H2,1-2H3,(H,28,29)(H,30,33). The van der Waals surface area contributed by atoms with E-state index in [1.807, 2.05) is 42.6 Å². The van der Waals surface area contributed by atoms with Gasteiger partial charge in [0.1, 0.15) is 11.4 Å². The molecule has 0 saturated carbocycles. The molecule has 0 spiro atoms. The van der Waals surface area contributed by atoms with E-state index in [2.05, 4.69) is 15.3 Å². The maximum atomic E-state index is 13.4. The van der Waals surface area contributed by atoms with Crippen LogP contribution in [0.25, 0.3) is 33.3 Å². The molecule has 2 aromatic carbocycles. The molecule has 1 aliphatic rings. The summed E-state index contributed by atoms with van der Waals surface area (Å²) in [5.74, 6) is 0.581. The number of methoxy groups -OCH3 is 2. The number of ether oxygens (including phenoxy) is 3. The fraction of sp³-hybridized carbons (Fsp3) is 0.222. The lowest BCUT2D eigenvalue weighted by atomic mass is 9.99. The number of fused-ring (bicyclic) bond motifs is 1. The number of rotatable bonds is 5. The van der Waals surface area contributed by atoms with Gasteiger partial charge >= 0.3 is 6.09 Å². The van der Waals surface area contributed by atoms with Crippen molar-refractivity contribution < 1.29 is 23.8 Å². The van der Waals surface area contributed by atoms with Gasteiger partial charge in [0.2, 0.25) is 0 Å². The largest absolute Gasteiger partial charge is 0.496 e. The van der Waals surface area contributed by atoms with Crippen LogP contribution in [-0.2, 0) is 9.47 Å². The summed E-state index contributed by atoms with van der Waals surface area (Å²) in [4.78, 5) is 34.9. The third-order valence-corrected chi connectivity index (χ3v) is 6.23. The van der Waals surface area contributed by atoms with Crippen molar-refractivity contribution in [3.63, 3.8) is 0 Å². The summed E-state index contributed by atoms with van der Waals surface area (Å²) in [5, 5.41) is 3.58. The van der Waals surface area contributed by atoms with Gasteiger partial charge in [-0.3, -0.25) is 10.1 Å². The first kappa shape index (κ1) is 23.4. The van der Waals surface area contributed by atoms with Crippen LogP contribution in [0.2, 0.25) is 0 Å². The topological polar surface area (TPSA) is 106 Å². The molecule has 9 nitrogen and oxygen atoms in total. The summed E-state index contributed by atoms with van der Waals surface area (Å²) in [6.45, 7) is 1.93. The molecule has 0 radical (unpaired) electrons. The van der Waals surface area contributed by atoms with Crippen molar-refractivity contribution >= 4 is 28.7 Å². The number of amides is 2. The number of carbonyl (C=O) groups is 2. The van der Waals surface area contributed by atoms with Crippen LogP contribution in [0.1, 0.15) is 10.4 Å². The molecule has 9 heteroatoms. The van der Waals surface area contributed by atoms with Crippen LogP contribution in [0.4, 0.5) is 10.5 Å². The van der Waals surface area contributed by atoms with E-state index in [-0.39, 0.29) is 5.91 Å². The number of morpholine rings is 1. The van der Waals surface area contributed by atoms with E-state index >= 15 is 0 Å². The zero-order valence-electron chi connectivity index (χ0n) is 20.0. The molecule has 2 aromatic heterocycles. The van der Waals surface area contributed by atoms with Gasteiger partial charge in [-0.05, 0) is 29.8 Å². The minimum Gasteiger partial charge on any atom is -0.496 e. The van der Waals surface area contributed by atoms with Crippen molar-refractivity contribution in [1.82, 2.24) is 14.9 Å². The van der Waals surface area contributed by atoms with Crippen molar-refractivity contribution in [1.29, 1.82) is 0 Å². The molecular formula is C27H26N4O5. The number of hydrogen-bond acceptors (Lipinski definition) is 6. The van der Waals surface area contributed by atoms with Gasteiger partial charge in [-0.25, -0.2) is 9.78 Å². The molecule has 0 bridgehead atoms. The summed E-state index contributed by atoms with van der Waals surface area (Å²) < 4.78 is 15.7. The van der Waals surface area contributed by atoms with E-state index in [4.69, 9.17) is 14.2 Å². The number of aromatic nitrogens is 2. The minimum atomic E-state index is -0.643. The molecule has 1 saturated heterocycles. The Morgan fingerprint density at radius 2 is 1.83 bits per heavy atom. The lowest BCUT2D eigenvalue weighted by molar-refractivity contribution is 0.0303. The van der Waals surface area contributed by atoms with E-state index in [0.29, 0.717) is 37.6 Å². The summed E-state index contributed by atoms with van der Waals surface area (Å²) in [6, 6.07) is 15.2. The number of carbonyl (C=O) groups excluding carboxylic acids is 2. The Labute approximate surface area is 208 Å². The number of pyridine rings is 1. The van der Waals surface area contributed by atoms with Crippen molar-refractivity contribution in [2.24, 2.45) is 0 Å². The number of benzene rings is 2. The molecule has 4 aromatic rings. The predicted molar refractivity (Wildman–Crippen MR) is 136 cm³/mol. The van der Waals surface area contributed by atoms with Crippen LogP contribution in [-0.4, -0.2) is 67.4 Å². The first-order chi connectivity index (χ1) is 17.6. The third kappa shape index (κ3) is 4.48. The molecular weight excluding hydrogens is 460 g/mol. The maximum Gasteiger partial charge on any atom is 0.411 e. The molecule has 2 N–H and O–H groups in total. The number of nitrogens with zero attached hydrogens (tertiary/aromatic N) is 2. The SMILES string of the molecule is COC(=O)Nc1ccc(-c2cnc3[nH]cc(-c4ccccc4OC)c3c2)cc1C(=O)N1CCOCC1. The van der Waals surface area contributed by atoms with Gasteiger partial charge in [-0.2, -0.15) is 0 Å². The Kier molecular flexibility index (Phi) is 6.55. The summed E-state index contributed by atoms with van der Waals surface area (Å²) in [5.41, 5.74) is 5.04. The van der Waals surface area contributed by atoms with E-state index in [9.17, 15) is 9.59 Å². The quantitative estimate of drug-likeness (QED) is 0.429. The molecule has 36 heavy (non-hydrogen) atoms. The normalized spacial score (nSPS) is 13.4. The second-order valence-corrected chi connectivity index (χ2v) is 8.30. The van der Waals surface area contributed by atoms with E-state index in [1.54, 1.807) is 30.3 Å². The lowest BCUT2D eigenvalue weighted by Gasteiger charge is -2.27. The van der Waals surface area contributed by atoms with Crippen LogP contribution >= 0.6 is 0 Å². The van der Waals surface area contributed by atoms with Gasteiger partial charge < -0.3 is 24.1 Å². The Morgan fingerprint density at radius 3 is 2.61 bits per heavy atom. The van der Waals surface area contributed by atoms with Crippen LogP contribution in [0.3, 0.4) is 0 Å². The highest BCUT2D eigenvalue weighted by Gasteiger charge is 2.23. The molecule has 2 amide bonds. The number of aromatic amines is 1. The summed E-state index contributed by atoms with van der Waals surface area (Å²) >= 11 is 0. The van der Waals surface area contributed by atoms with Crippen LogP contribution < -0.4 is 10.1 Å². The van der Waals surface area contributed by atoms with Crippen LogP contribution in [0.5, 0.6) is 5.75 Å². The highest BCUT2D eigenvalue weighted by molar-refractivity contribution is 6.04. The Balaban J connectivity index is 1.58. The van der Waals surface area contributed by atoms with Gasteiger partial charge in [-0.1, -0.05) is 24.3 Å². The monoisotopic (exact) mass is 486 g/mol. The van der Waals surface area contributed by atoms with Gasteiger partial charge in [0.05, 0.1) is 38.7 Å². The van der Waals surface area contributed by atoms with Crippen LogP contribution in [0, 0.1) is 0 Å². The average Bonchev–Trinajstić information content (AvgIpc) is 3.36. The molecule has 0 unspecified atom stereocenters. The smallest absolute Gasteiger partial charge is 0.411 e. The second-order valence-electron chi connectivity index (χ2n) is 8.30. The van der Waals surface area contributed by atoms with Crippen molar-refractivity contribution in [3.05, 3.63) is 66.5 Å².